The van der Waals surface area contributed by atoms with Crippen LogP contribution in [0.25, 0.3) is 11.4 Å². The number of hydrogen-bond donors (Lipinski definition) is 2. The SMILES string of the molecule is Cc1ccc(NC(=O)Nc2ccc(-c3nc(N4CCOCC4)nc(N4CC5CCC(C4)O5)n3)cc2)cc1. The average Bonchev–Trinajstić information content (AvgIpc) is 3.27. The number of rotatable bonds is 5. The Kier molecular flexibility index (Phi) is 6.58. The van der Waals surface area contributed by atoms with E-state index in [-0.39, 0.29) is 18.2 Å². The quantitative estimate of drug-likeness (QED) is 0.546. The summed E-state index contributed by atoms with van der Waals surface area (Å²) in [6.07, 6.45) is 2.65. The van der Waals surface area contributed by atoms with Gasteiger partial charge in [-0.15, -0.1) is 0 Å². The number of urea groups is 1. The Labute approximate surface area is 216 Å². The average molecular weight is 502 g/mol. The molecule has 2 atom stereocenters. The zero-order chi connectivity index (χ0) is 25.2. The van der Waals surface area contributed by atoms with E-state index in [2.05, 4.69) is 20.4 Å². The zero-order valence-electron chi connectivity index (χ0n) is 20.9. The number of fused-ring (bicyclic) bond motifs is 2. The van der Waals surface area contributed by atoms with Crippen molar-refractivity contribution >= 4 is 29.3 Å². The molecule has 2 bridgehead atoms. The Morgan fingerprint density at radius 2 is 1.38 bits per heavy atom. The molecule has 2 amide bonds. The van der Waals surface area contributed by atoms with Crippen molar-refractivity contribution in [2.75, 3.05) is 59.8 Å². The van der Waals surface area contributed by atoms with Crippen LogP contribution < -0.4 is 20.4 Å². The largest absolute Gasteiger partial charge is 0.378 e. The molecule has 3 aromatic rings. The molecular weight excluding hydrogens is 470 g/mol. The van der Waals surface area contributed by atoms with E-state index in [0.717, 1.165) is 55.8 Å². The number of hydrogen-bond acceptors (Lipinski definition) is 8. The van der Waals surface area contributed by atoms with Crippen molar-refractivity contribution in [3.05, 3.63) is 54.1 Å². The first-order valence-corrected chi connectivity index (χ1v) is 12.8. The van der Waals surface area contributed by atoms with E-state index in [0.29, 0.717) is 36.6 Å². The number of aryl methyl sites for hydroxylation is 1. The first kappa shape index (κ1) is 23.6. The van der Waals surface area contributed by atoms with Gasteiger partial charge in [0, 0.05) is 43.1 Å². The van der Waals surface area contributed by atoms with Crippen molar-refractivity contribution < 1.29 is 14.3 Å². The fourth-order valence-electron chi connectivity index (χ4n) is 4.94. The molecule has 3 aliphatic rings. The van der Waals surface area contributed by atoms with Crippen LogP contribution in [0.4, 0.5) is 28.1 Å². The summed E-state index contributed by atoms with van der Waals surface area (Å²) >= 11 is 0. The molecule has 10 nitrogen and oxygen atoms in total. The molecule has 3 aliphatic heterocycles. The maximum Gasteiger partial charge on any atom is 0.323 e. The minimum Gasteiger partial charge on any atom is -0.378 e. The van der Waals surface area contributed by atoms with E-state index in [1.165, 1.54) is 0 Å². The molecule has 3 fully saturated rings. The highest BCUT2D eigenvalue weighted by atomic mass is 16.5. The van der Waals surface area contributed by atoms with E-state index in [9.17, 15) is 4.79 Å². The number of benzene rings is 2. The third-order valence-electron chi connectivity index (χ3n) is 6.94. The van der Waals surface area contributed by atoms with Crippen LogP contribution in [0.15, 0.2) is 48.5 Å². The smallest absolute Gasteiger partial charge is 0.323 e. The van der Waals surface area contributed by atoms with Crippen LogP contribution >= 0.6 is 0 Å². The summed E-state index contributed by atoms with van der Waals surface area (Å²) in [6, 6.07) is 14.9. The Morgan fingerprint density at radius 1 is 0.811 bits per heavy atom. The third kappa shape index (κ3) is 5.50. The lowest BCUT2D eigenvalue weighted by molar-refractivity contribution is 0.0299. The summed E-state index contributed by atoms with van der Waals surface area (Å²) in [4.78, 5) is 31.4. The standard InChI is InChI=1S/C27H31N7O3/c1-18-2-6-20(7-3-18)28-27(35)29-21-8-4-19(5-9-21)24-30-25(33-12-14-36-15-13-33)32-26(31-24)34-16-22-10-11-23(17-34)37-22/h2-9,22-23H,10-17H2,1H3,(H2,28,29,35). The highest BCUT2D eigenvalue weighted by molar-refractivity contribution is 5.99. The molecule has 6 rings (SSSR count). The van der Waals surface area contributed by atoms with E-state index >= 15 is 0 Å². The van der Waals surface area contributed by atoms with Gasteiger partial charge in [-0.05, 0) is 56.2 Å². The normalized spacial score (nSPS) is 21.1. The van der Waals surface area contributed by atoms with Gasteiger partial charge in [0.15, 0.2) is 5.82 Å². The van der Waals surface area contributed by atoms with Gasteiger partial charge in [0.25, 0.3) is 0 Å². The molecule has 0 spiro atoms. The van der Waals surface area contributed by atoms with Gasteiger partial charge in [-0.3, -0.25) is 0 Å². The number of nitrogens with zero attached hydrogens (tertiary/aromatic N) is 5. The number of anilines is 4. The van der Waals surface area contributed by atoms with Crippen LogP contribution in [0.1, 0.15) is 18.4 Å². The molecule has 1 aromatic heterocycles. The molecule has 4 heterocycles. The molecule has 0 saturated carbocycles. The van der Waals surface area contributed by atoms with Crippen molar-refractivity contribution in [3.8, 4) is 11.4 Å². The summed E-state index contributed by atoms with van der Waals surface area (Å²) in [5, 5.41) is 5.73. The van der Waals surface area contributed by atoms with Gasteiger partial charge >= 0.3 is 6.03 Å². The van der Waals surface area contributed by atoms with E-state index in [4.69, 9.17) is 24.4 Å². The lowest BCUT2D eigenvalue weighted by atomic mass is 10.2. The summed E-state index contributed by atoms with van der Waals surface area (Å²) in [5.41, 5.74) is 3.42. The van der Waals surface area contributed by atoms with Crippen molar-refractivity contribution in [2.24, 2.45) is 0 Å². The molecule has 192 valence electrons. The van der Waals surface area contributed by atoms with Crippen molar-refractivity contribution in [3.63, 3.8) is 0 Å². The first-order chi connectivity index (χ1) is 18.1. The van der Waals surface area contributed by atoms with Crippen molar-refractivity contribution in [1.29, 1.82) is 0 Å². The van der Waals surface area contributed by atoms with Crippen LogP contribution in [-0.4, -0.2) is 72.6 Å². The Hall–Kier alpha value is -3.76. The topological polar surface area (TPSA) is 105 Å². The molecule has 0 radical (unpaired) electrons. The van der Waals surface area contributed by atoms with E-state index < -0.39 is 0 Å². The van der Waals surface area contributed by atoms with Crippen LogP contribution in [0.2, 0.25) is 0 Å². The van der Waals surface area contributed by atoms with Crippen LogP contribution in [0.3, 0.4) is 0 Å². The third-order valence-corrected chi connectivity index (χ3v) is 6.94. The minimum atomic E-state index is -0.296. The lowest BCUT2D eigenvalue weighted by Crippen LogP contribution is -2.44. The molecule has 2 aromatic carbocycles. The number of aromatic nitrogens is 3. The zero-order valence-corrected chi connectivity index (χ0v) is 20.9. The maximum atomic E-state index is 12.4. The predicted molar refractivity (Wildman–Crippen MR) is 142 cm³/mol. The maximum absolute atomic E-state index is 12.4. The van der Waals surface area contributed by atoms with Crippen LogP contribution in [-0.2, 0) is 9.47 Å². The number of carbonyl (C=O) groups excluding carboxylic acids is 1. The fourth-order valence-corrected chi connectivity index (χ4v) is 4.94. The van der Waals surface area contributed by atoms with Crippen molar-refractivity contribution in [1.82, 2.24) is 15.0 Å². The van der Waals surface area contributed by atoms with Crippen molar-refractivity contribution in [2.45, 2.75) is 32.0 Å². The Bertz CT molecular complexity index is 1230. The van der Waals surface area contributed by atoms with Gasteiger partial charge in [0.1, 0.15) is 0 Å². The lowest BCUT2D eigenvalue weighted by Gasteiger charge is -2.33. The fraction of sp³-hybridized carbons (Fsp3) is 0.407. The first-order valence-electron chi connectivity index (χ1n) is 12.8. The van der Waals surface area contributed by atoms with Crippen LogP contribution in [0.5, 0.6) is 0 Å². The van der Waals surface area contributed by atoms with Gasteiger partial charge in [-0.25, -0.2) is 4.79 Å². The second kappa shape index (κ2) is 10.3. The number of nitrogens with one attached hydrogen (secondary N) is 2. The molecule has 2 unspecified atom stereocenters. The summed E-state index contributed by atoms with van der Waals surface area (Å²) in [7, 11) is 0. The molecule has 37 heavy (non-hydrogen) atoms. The molecular formula is C27H31N7O3. The number of morpholine rings is 2. The second-order valence-corrected chi connectivity index (χ2v) is 9.74. The molecule has 2 N–H and O–H groups in total. The van der Waals surface area contributed by atoms with Gasteiger partial charge < -0.3 is 29.9 Å². The molecule has 10 heteroatoms. The molecule has 3 saturated heterocycles. The van der Waals surface area contributed by atoms with Gasteiger partial charge in [-0.2, -0.15) is 15.0 Å². The van der Waals surface area contributed by atoms with E-state index in [1.807, 2.05) is 55.5 Å². The molecule has 0 aliphatic carbocycles. The highest BCUT2D eigenvalue weighted by Gasteiger charge is 2.35. The Balaban J connectivity index is 1.22. The Morgan fingerprint density at radius 3 is 2.00 bits per heavy atom. The monoisotopic (exact) mass is 501 g/mol. The summed E-state index contributed by atoms with van der Waals surface area (Å²) < 4.78 is 11.5. The van der Waals surface area contributed by atoms with Gasteiger partial charge in [0.2, 0.25) is 11.9 Å². The number of amides is 2. The second-order valence-electron chi connectivity index (χ2n) is 9.74. The summed E-state index contributed by atoms with van der Waals surface area (Å²) in [5.74, 6) is 1.97. The minimum absolute atomic E-state index is 0.238. The van der Waals surface area contributed by atoms with Gasteiger partial charge in [0.05, 0.1) is 25.4 Å². The number of carbonyl (C=O) groups is 1. The summed E-state index contributed by atoms with van der Waals surface area (Å²) in [6.45, 7) is 6.40. The predicted octanol–water partition coefficient (Wildman–Crippen LogP) is 3.70. The van der Waals surface area contributed by atoms with Crippen LogP contribution in [0, 0.1) is 6.92 Å². The van der Waals surface area contributed by atoms with Gasteiger partial charge in [-0.1, -0.05) is 17.7 Å². The van der Waals surface area contributed by atoms with E-state index in [1.54, 1.807) is 0 Å². The highest BCUT2D eigenvalue weighted by Crippen LogP contribution is 2.30. The number of ether oxygens (including phenoxy) is 2.